The summed E-state index contributed by atoms with van der Waals surface area (Å²) in [7, 11) is 1.88. The van der Waals surface area contributed by atoms with Gasteiger partial charge in [-0.2, -0.15) is 4.39 Å². The van der Waals surface area contributed by atoms with Crippen molar-refractivity contribution in [3.63, 3.8) is 0 Å². The van der Waals surface area contributed by atoms with Crippen molar-refractivity contribution in [2.45, 2.75) is 13.1 Å². The van der Waals surface area contributed by atoms with E-state index in [2.05, 4.69) is 0 Å². The molecule has 6 heteroatoms. The molecule has 1 aromatic heterocycles. The van der Waals surface area contributed by atoms with Crippen LogP contribution in [0.4, 0.5) is 10.1 Å². The minimum absolute atomic E-state index is 0.499. The molecule has 2 aromatic rings. The molecule has 0 spiro atoms. The second-order valence-electron chi connectivity index (χ2n) is 4.35. The fourth-order valence-electron chi connectivity index (χ4n) is 1.86. The Kier molecular flexibility index (Phi) is 3.91. The first-order valence-corrected chi connectivity index (χ1v) is 5.68. The van der Waals surface area contributed by atoms with Crippen LogP contribution in [0.15, 0.2) is 41.2 Å². The monoisotopic (exact) mass is 264 g/mol. The van der Waals surface area contributed by atoms with Crippen molar-refractivity contribution in [1.82, 2.24) is 4.90 Å². The van der Waals surface area contributed by atoms with Gasteiger partial charge in [0.2, 0.25) is 5.82 Å². The molecule has 0 unspecified atom stereocenters. The van der Waals surface area contributed by atoms with Crippen LogP contribution in [0.2, 0.25) is 0 Å². The van der Waals surface area contributed by atoms with Crippen LogP contribution >= 0.6 is 0 Å². The normalized spacial score (nSPS) is 10.9. The Balaban J connectivity index is 2.03. The summed E-state index contributed by atoms with van der Waals surface area (Å²) in [4.78, 5) is 11.7. The van der Waals surface area contributed by atoms with Gasteiger partial charge in [0.25, 0.3) is 0 Å². The zero-order chi connectivity index (χ0) is 13.8. The Morgan fingerprint density at radius 3 is 2.63 bits per heavy atom. The van der Waals surface area contributed by atoms with Crippen molar-refractivity contribution < 1.29 is 13.7 Å². The van der Waals surface area contributed by atoms with E-state index in [1.54, 1.807) is 18.6 Å². The fraction of sp³-hybridized carbons (Fsp3) is 0.231. The van der Waals surface area contributed by atoms with E-state index in [0.717, 1.165) is 5.56 Å². The molecule has 0 atom stereocenters. The van der Waals surface area contributed by atoms with E-state index in [0.29, 0.717) is 18.7 Å². The third kappa shape index (κ3) is 3.38. The summed E-state index contributed by atoms with van der Waals surface area (Å²) in [5.41, 5.74) is 1.21. The summed E-state index contributed by atoms with van der Waals surface area (Å²) >= 11 is 0. The van der Waals surface area contributed by atoms with Gasteiger partial charge < -0.3 is 4.42 Å². The van der Waals surface area contributed by atoms with E-state index in [9.17, 15) is 14.5 Å². The second kappa shape index (κ2) is 5.62. The number of benzene rings is 1. The average molecular weight is 264 g/mol. The molecule has 0 aliphatic heterocycles. The zero-order valence-electron chi connectivity index (χ0n) is 10.4. The van der Waals surface area contributed by atoms with Crippen molar-refractivity contribution in [1.29, 1.82) is 0 Å². The molecule has 0 N–H and O–H groups in total. The lowest BCUT2D eigenvalue weighted by Crippen LogP contribution is -2.17. The molecule has 0 aliphatic rings. The van der Waals surface area contributed by atoms with Crippen LogP contribution < -0.4 is 0 Å². The predicted octanol–water partition coefficient (Wildman–Crippen LogP) is 2.96. The predicted molar refractivity (Wildman–Crippen MR) is 66.9 cm³/mol. The molecule has 1 aromatic carbocycles. The van der Waals surface area contributed by atoms with Gasteiger partial charge in [-0.1, -0.05) is 6.07 Å². The van der Waals surface area contributed by atoms with Gasteiger partial charge in [0.05, 0.1) is 17.4 Å². The third-order valence-corrected chi connectivity index (χ3v) is 2.69. The van der Waals surface area contributed by atoms with Gasteiger partial charge in [-0.3, -0.25) is 15.0 Å². The first kappa shape index (κ1) is 13.2. The Labute approximate surface area is 109 Å². The SMILES string of the molecule is CN(Cc1ccoc1)Cc1ccc([N+](=O)[O-])c(F)c1. The van der Waals surface area contributed by atoms with Crippen molar-refractivity contribution in [3.8, 4) is 0 Å². The van der Waals surface area contributed by atoms with Crippen LogP contribution in [0.5, 0.6) is 0 Å². The van der Waals surface area contributed by atoms with E-state index in [-0.39, 0.29) is 0 Å². The highest BCUT2D eigenvalue weighted by Crippen LogP contribution is 2.19. The highest BCUT2D eigenvalue weighted by Gasteiger charge is 2.14. The summed E-state index contributed by atoms with van der Waals surface area (Å²) < 4.78 is 18.4. The Bertz CT molecular complexity index is 569. The summed E-state index contributed by atoms with van der Waals surface area (Å²) in [5.74, 6) is -0.806. The molecule has 0 aliphatic carbocycles. The molecular weight excluding hydrogens is 251 g/mol. The number of rotatable bonds is 5. The van der Waals surface area contributed by atoms with Crippen LogP contribution in [0.1, 0.15) is 11.1 Å². The van der Waals surface area contributed by atoms with Gasteiger partial charge in [-0.05, 0) is 24.7 Å². The molecule has 0 saturated heterocycles. The lowest BCUT2D eigenvalue weighted by molar-refractivity contribution is -0.387. The van der Waals surface area contributed by atoms with Gasteiger partial charge >= 0.3 is 5.69 Å². The largest absolute Gasteiger partial charge is 0.472 e. The number of hydrogen-bond donors (Lipinski definition) is 0. The molecule has 5 nitrogen and oxygen atoms in total. The van der Waals surface area contributed by atoms with Crippen LogP contribution in [-0.2, 0) is 13.1 Å². The first-order valence-electron chi connectivity index (χ1n) is 5.68. The number of nitrogens with zero attached hydrogens (tertiary/aromatic N) is 2. The summed E-state index contributed by atoms with van der Waals surface area (Å²) in [6.45, 7) is 1.16. The lowest BCUT2D eigenvalue weighted by atomic mass is 10.2. The Hall–Kier alpha value is -2.21. The van der Waals surface area contributed by atoms with Gasteiger partial charge in [-0.15, -0.1) is 0 Å². The smallest absolute Gasteiger partial charge is 0.304 e. The molecule has 2 rings (SSSR count). The number of furan rings is 1. The molecular formula is C13H13FN2O3. The number of hydrogen-bond acceptors (Lipinski definition) is 4. The molecule has 19 heavy (non-hydrogen) atoms. The molecule has 100 valence electrons. The van der Waals surface area contributed by atoms with Gasteiger partial charge in [0.15, 0.2) is 0 Å². The summed E-state index contributed by atoms with van der Waals surface area (Å²) in [5, 5.41) is 10.5. The molecule has 0 fully saturated rings. The highest BCUT2D eigenvalue weighted by atomic mass is 19.1. The van der Waals surface area contributed by atoms with Gasteiger partial charge in [-0.25, -0.2) is 0 Å². The maximum absolute atomic E-state index is 13.5. The van der Waals surface area contributed by atoms with E-state index in [1.807, 2.05) is 18.0 Å². The maximum Gasteiger partial charge on any atom is 0.304 e. The van der Waals surface area contributed by atoms with Gasteiger partial charge in [0.1, 0.15) is 0 Å². The fourth-order valence-corrected chi connectivity index (χ4v) is 1.86. The molecule has 0 amide bonds. The molecule has 0 saturated carbocycles. The molecule has 1 heterocycles. The van der Waals surface area contributed by atoms with Crippen molar-refractivity contribution in [2.24, 2.45) is 0 Å². The quantitative estimate of drug-likeness (QED) is 0.615. The summed E-state index contributed by atoms with van der Waals surface area (Å²) in [6.07, 6.45) is 3.24. The topological polar surface area (TPSA) is 59.5 Å². The van der Waals surface area contributed by atoms with Crippen molar-refractivity contribution in [3.05, 3.63) is 63.9 Å². The zero-order valence-corrected chi connectivity index (χ0v) is 10.4. The highest BCUT2D eigenvalue weighted by molar-refractivity contribution is 5.34. The lowest BCUT2D eigenvalue weighted by Gasteiger charge is -2.15. The summed E-state index contributed by atoms with van der Waals surface area (Å²) in [6, 6.07) is 5.81. The van der Waals surface area contributed by atoms with E-state index >= 15 is 0 Å². The Morgan fingerprint density at radius 2 is 2.05 bits per heavy atom. The molecule has 0 bridgehead atoms. The third-order valence-electron chi connectivity index (χ3n) is 2.69. The number of halogens is 1. The maximum atomic E-state index is 13.5. The standard InChI is InChI=1S/C13H13FN2O3/c1-15(8-11-4-5-19-9-11)7-10-2-3-13(16(17)18)12(14)6-10/h2-6,9H,7-8H2,1H3. The number of nitro groups is 1. The van der Waals surface area contributed by atoms with Crippen LogP contribution in [-0.4, -0.2) is 16.9 Å². The minimum Gasteiger partial charge on any atom is -0.472 e. The van der Waals surface area contributed by atoms with E-state index in [1.165, 1.54) is 12.1 Å². The van der Waals surface area contributed by atoms with Crippen LogP contribution in [0.3, 0.4) is 0 Å². The first-order chi connectivity index (χ1) is 9.06. The van der Waals surface area contributed by atoms with Crippen molar-refractivity contribution >= 4 is 5.69 Å². The van der Waals surface area contributed by atoms with E-state index in [4.69, 9.17) is 4.42 Å². The van der Waals surface area contributed by atoms with Crippen LogP contribution in [0, 0.1) is 15.9 Å². The number of nitro benzene ring substituents is 1. The molecule has 0 radical (unpaired) electrons. The Morgan fingerprint density at radius 1 is 1.32 bits per heavy atom. The minimum atomic E-state index is -0.806. The van der Waals surface area contributed by atoms with Crippen molar-refractivity contribution in [2.75, 3.05) is 7.05 Å². The second-order valence-corrected chi connectivity index (χ2v) is 4.35. The van der Waals surface area contributed by atoms with Gasteiger partial charge in [0, 0.05) is 24.7 Å². The average Bonchev–Trinajstić information content (AvgIpc) is 2.81. The van der Waals surface area contributed by atoms with E-state index < -0.39 is 16.4 Å². The van der Waals surface area contributed by atoms with Crippen LogP contribution in [0.25, 0.3) is 0 Å².